The van der Waals surface area contributed by atoms with E-state index >= 15 is 0 Å². The average Bonchev–Trinajstić information content (AvgIpc) is 2.33. The molecule has 0 bridgehead atoms. The fourth-order valence-corrected chi connectivity index (χ4v) is 2.81. The zero-order valence-electron chi connectivity index (χ0n) is 10.7. The molecule has 0 atom stereocenters. The van der Waals surface area contributed by atoms with Gasteiger partial charge in [-0.1, -0.05) is 0 Å². The molecular weight excluding hydrogens is 216 g/mol. The fourth-order valence-electron chi connectivity index (χ4n) is 2.81. The molecule has 0 radical (unpaired) electrons. The van der Waals surface area contributed by atoms with Gasteiger partial charge in [-0.05, 0) is 58.7 Å². The van der Waals surface area contributed by atoms with Crippen molar-refractivity contribution in [1.29, 1.82) is 0 Å². The molecular formula is C13H24N2O2. The van der Waals surface area contributed by atoms with Crippen LogP contribution in [0.15, 0.2) is 0 Å². The predicted molar refractivity (Wildman–Crippen MR) is 66.6 cm³/mol. The SMILES string of the molecule is CN1CCC(NC(=O)C2CCC(O)CC2)CC1. The van der Waals surface area contributed by atoms with Crippen LogP contribution in [0, 0.1) is 5.92 Å². The molecule has 0 aromatic carbocycles. The predicted octanol–water partition coefficient (Wildman–Crippen LogP) is 0.748. The molecule has 17 heavy (non-hydrogen) atoms. The molecule has 2 rings (SSSR count). The van der Waals surface area contributed by atoms with Crippen molar-refractivity contribution in [3.8, 4) is 0 Å². The second-order valence-electron chi connectivity index (χ2n) is 5.59. The summed E-state index contributed by atoms with van der Waals surface area (Å²) in [7, 11) is 2.13. The molecule has 1 aliphatic carbocycles. The van der Waals surface area contributed by atoms with E-state index in [1.807, 2.05) is 0 Å². The van der Waals surface area contributed by atoms with Crippen LogP contribution in [0.3, 0.4) is 0 Å². The molecule has 0 unspecified atom stereocenters. The Kier molecular flexibility index (Phi) is 4.40. The molecule has 0 spiro atoms. The highest BCUT2D eigenvalue weighted by atomic mass is 16.3. The average molecular weight is 240 g/mol. The maximum atomic E-state index is 12.0. The molecule has 4 nitrogen and oxygen atoms in total. The molecule has 2 aliphatic rings. The maximum Gasteiger partial charge on any atom is 0.223 e. The van der Waals surface area contributed by atoms with E-state index in [1.165, 1.54) is 0 Å². The smallest absolute Gasteiger partial charge is 0.223 e. The largest absolute Gasteiger partial charge is 0.393 e. The summed E-state index contributed by atoms with van der Waals surface area (Å²) < 4.78 is 0. The quantitative estimate of drug-likeness (QED) is 0.749. The number of carbonyl (C=O) groups excluding carboxylic acids is 1. The number of likely N-dealkylation sites (tertiary alicyclic amines) is 1. The first kappa shape index (κ1) is 12.8. The Morgan fingerprint density at radius 3 is 2.29 bits per heavy atom. The third-order valence-corrected chi connectivity index (χ3v) is 4.13. The molecule has 0 aromatic heterocycles. The van der Waals surface area contributed by atoms with Crippen molar-refractivity contribution in [3.05, 3.63) is 0 Å². The molecule has 1 saturated heterocycles. The second-order valence-corrected chi connectivity index (χ2v) is 5.59. The van der Waals surface area contributed by atoms with Gasteiger partial charge >= 0.3 is 0 Å². The number of nitrogens with one attached hydrogen (secondary N) is 1. The van der Waals surface area contributed by atoms with E-state index in [0.717, 1.165) is 51.6 Å². The Bertz CT molecular complexity index is 254. The van der Waals surface area contributed by atoms with Crippen LogP contribution in [-0.4, -0.2) is 48.2 Å². The number of nitrogens with zero attached hydrogens (tertiary/aromatic N) is 1. The minimum Gasteiger partial charge on any atom is -0.393 e. The van der Waals surface area contributed by atoms with Crippen molar-refractivity contribution in [2.24, 2.45) is 5.92 Å². The van der Waals surface area contributed by atoms with Crippen LogP contribution in [0.25, 0.3) is 0 Å². The van der Waals surface area contributed by atoms with Crippen LogP contribution >= 0.6 is 0 Å². The summed E-state index contributed by atoms with van der Waals surface area (Å²) in [6, 6.07) is 0.366. The van der Waals surface area contributed by atoms with E-state index in [1.54, 1.807) is 0 Å². The maximum absolute atomic E-state index is 12.0. The topological polar surface area (TPSA) is 52.6 Å². The summed E-state index contributed by atoms with van der Waals surface area (Å²) in [4.78, 5) is 14.4. The molecule has 0 aromatic rings. The van der Waals surface area contributed by atoms with Gasteiger partial charge in [0.1, 0.15) is 0 Å². The summed E-state index contributed by atoms with van der Waals surface area (Å²) in [6.07, 6.45) is 5.22. The molecule has 2 N–H and O–H groups in total. The number of rotatable bonds is 2. The molecule has 1 aliphatic heterocycles. The fraction of sp³-hybridized carbons (Fsp3) is 0.923. The highest BCUT2D eigenvalue weighted by molar-refractivity contribution is 5.79. The lowest BCUT2D eigenvalue weighted by Gasteiger charge is -2.31. The Labute approximate surface area is 103 Å². The number of aliphatic hydroxyl groups excluding tert-OH is 1. The normalized spacial score (nSPS) is 32.4. The lowest BCUT2D eigenvalue weighted by molar-refractivity contribution is -0.127. The summed E-state index contributed by atoms with van der Waals surface area (Å²) in [5, 5.41) is 12.6. The number of aliphatic hydroxyl groups is 1. The summed E-state index contributed by atoms with van der Waals surface area (Å²) in [5.41, 5.74) is 0. The lowest BCUT2D eigenvalue weighted by atomic mass is 9.86. The zero-order chi connectivity index (χ0) is 12.3. The zero-order valence-corrected chi connectivity index (χ0v) is 10.7. The second kappa shape index (κ2) is 5.83. The minimum absolute atomic E-state index is 0.137. The Balaban J connectivity index is 1.73. The lowest BCUT2D eigenvalue weighted by Crippen LogP contribution is -2.46. The van der Waals surface area contributed by atoms with Crippen molar-refractivity contribution < 1.29 is 9.90 Å². The number of hydrogen-bond acceptors (Lipinski definition) is 3. The molecule has 2 fully saturated rings. The van der Waals surface area contributed by atoms with Gasteiger partial charge < -0.3 is 15.3 Å². The minimum atomic E-state index is -0.178. The number of carbonyl (C=O) groups is 1. The van der Waals surface area contributed by atoms with Crippen LogP contribution in [0.2, 0.25) is 0 Å². The van der Waals surface area contributed by atoms with E-state index in [2.05, 4.69) is 17.3 Å². The van der Waals surface area contributed by atoms with E-state index < -0.39 is 0 Å². The number of piperidine rings is 1. The van der Waals surface area contributed by atoms with Crippen LogP contribution in [-0.2, 0) is 4.79 Å². The van der Waals surface area contributed by atoms with Crippen LogP contribution in [0.5, 0.6) is 0 Å². The number of amides is 1. The van der Waals surface area contributed by atoms with Crippen LogP contribution < -0.4 is 5.32 Å². The van der Waals surface area contributed by atoms with E-state index in [0.29, 0.717) is 6.04 Å². The molecule has 98 valence electrons. The first-order valence-electron chi connectivity index (χ1n) is 6.82. The van der Waals surface area contributed by atoms with Crippen LogP contribution in [0.4, 0.5) is 0 Å². The van der Waals surface area contributed by atoms with Gasteiger partial charge in [-0.25, -0.2) is 0 Å². The first-order valence-corrected chi connectivity index (χ1v) is 6.82. The van der Waals surface area contributed by atoms with Crippen molar-refractivity contribution in [3.63, 3.8) is 0 Å². The van der Waals surface area contributed by atoms with Gasteiger partial charge in [-0.3, -0.25) is 4.79 Å². The summed E-state index contributed by atoms with van der Waals surface area (Å²) >= 11 is 0. The van der Waals surface area contributed by atoms with E-state index in [9.17, 15) is 9.90 Å². The van der Waals surface area contributed by atoms with E-state index in [-0.39, 0.29) is 17.9 Å². The van der Waals surface area contributed by atoms with Gasteiger partial charge in [0.2, 0.25) is 5.91 Å². The molecule has 1 saturated carbocycles. The van der Waals surface area contributed by atoms with Gasteiger partial charge in [-0.15, -0.1) is 0 Å². The monoisotopic (exact) mass is 240 g/mol. The Hall–Kier alpha value is -0.610. The molecule has 4 heteroatoms. The number of hydrogen-bond donors (Lipinski definition) is 2. The molecule has 1 heterocycles. The molecule has 1 amide bonds. The van der Waals surface area contributed by atoms with Gasteiger partial charge in [0.15, 0.2) is 0 Å². The van der Waals surface area contributed by atoms with E-state index in [4.69, 9.17) is 0 Å². The van der Waals surface area contributed by atoms with Crippen molar-refractivity contribution in [1.82, 2.24) is 10.2 Å². The first-order chi connectivity index (χ1) is 8.15. The van der Waals surface area contributed by atoms with Crippen molar-refractivity contribution in [2.75, 3.05) is 20.1 Å². The van der Waals surface area contributed by atoms with Crippen molar-refractivity contribution in [2.45, 2.75) is 50.7 Å². The third kappa shape index (κ3) is 3.68. The Morgan fingerprint density at radius 2 is 1.71 bits per heavy atom. The summed E-state index contributed by atoms with van der Waals surface area (Å²) in [6.45, 7) is 2.16. The highest BCUT2D eigenvalue weighted by Gasteiger charge is 2.27. The van der Waals surface area contributed by atoms with Gasteiger partial charge in [0.25, 0.3) is 0 Å². The van der Waals surface area contributed by atoms with Gasteiger partial charge in [0.05, 0.1) is 6.10 Å². The highest BCUT2D eigenvalue weighted by Crippen LogP contribution is 2.24. The van der Waals surface area contributed by atoms with Crippen molar-refractivity contribution >= 4 is 5.91 Å². The van der Waals surface area contributed by atoms with Gasteiger partial charge in [-0.2, -0.15) is 0 Å². The summed E-state index contributed by atoms with van der Waals surface area (Å²) in [5.74, 6) is 0.351. The van der Waals surface area contributed by atoms with Gasteiger partial charge in [0, 0.05) is 12.0 Å². The van der Waals surface area contributed by atoms with Crippen LogP contribution in [0.1, 0.15) is 38.5 Å². The Morgan fingerprint density at radius 1 is 1.12 bits per heavy atom. The standard InChI is InChI=1S/C13H24N2O2/c1-15-8-6-11(7-9-15)14-13(17)10-2-4-12(16)5-3-10/h10-12,16H,2-9H2,1H3,(H,14,17). The third-order valence-electron chi connectivity index (χ3n) is 4.13.